The van der Waals surface area contributed by atoms with E-state index in [2.05, 4.69) is 14.9 Å². The van der Waals surface area contributed by atoms with E-state index in [9.17, 15) is 4.79 Å². The van der Waals surface area contributed by atoms with E-state index in [1.165, 1.54) is 24.2 Å². The van der Waals surface area contributed by atoms with Gasteiger partial charge in [-0.3, -0.25) is 9.69 Å². The van der Waals surface area contributed by atoms with E-state index in [4.69, 9.17) is 5.73 Å². The number of hydrogen-bond acceptors (Lipinski definition) is 5. The first-order chi connectivity index (χ1) is 10.2. The van der Waals surface area contributed by atoms with E-state index in [0.29, 0.717) is 12.0 Å². The first-order valence-corrected chi connectivity index (χ1v) is 8.53. The van der Waals surface area contributed by atoms with Crippen LogP contribution >= 0.6 is 23.7 Å². The molecule has 2 fully saturated rings. The van der Waals surface area contributed by atoms with Crippen LogP contribution in [0.15, 0.2) is 16.2 Å². The monoisotopic (exact) mass is 340 g/mol. The largest absolute Gasteiger partial charge is 0.327 e. The first-order valence-electron chi connectivity index (χ1n) is 7.65. The number of nitrogens with one attached hydrogen (secondary N) is 1. The van der Waals surface area contributed by atoms with Gasteiger partial charge in [0.05, 0.1) is 12.1 Å². The summed E-state index contributed by atoms with van der Waals surface area (Å²) < 4.78 is 0.718. The lowest BCUT2D eigenvalue weighted by atomic mass is 9.78. The van der Waals surface area contributed by atoms with Crippen LogP contribution in [0.4, 0.5) is 0 Å². The van der Waals surface area contributed by atoms with Crippen molar-refractivity contribution in [3.05, 3.63) is 27.6 Å². The fourth-order valence-corrected chi connectivity index (χ4v) is 4.67. The highest BCUT2D eigenvalue weighted by molar-refractivity contribution is 7.17. The van der Waals surface area contributed by atoms with Gasteiger partial charge in [0, 0.05) is 19.1 Å². The zero-order valence-electron chi connectivity index (χ0n) is 12.3. The lowest BCUT2D eigenvalue weighted by Gasteiger charge is -2.29. The maximum atomic E-state index is 12.0. The third-order valence-electron chi connectivity index (χ3n) is 4.97. The number of aromatic amines is 1. The molecule has 3 N–H and O–H groups in total. The maximum Gasteiger partial charge on any atom is 0.268 e. The highest BCUT2D eigenvalue weighted by Crippen LogP contribution is 2.35. The number of nitrogens with two attached hydrogens (primary N) is 1. The molecule has 3 unspecified atom stereocenters. The van der Waals surface area contributed by atoms with Crippen molar-refractivity contribution in [1.82, 2.24) is 14.9 Å². The second kappa shape index (κ2) is 6.28. The molecule has 1 saturated carbocycles. The molecule has 0 radical (unpaired) electrons. The maximum absolute atomic E-state index is 12.0. The topological polar surface area (TPSA) is 75.0 Å². The molecule has 2 aromatic rings. The predicted molar refractivity (Wildman–Crippen MR) is 91.6 cm³/mol. The van der Waals surface area contributed by atoms with E-state index in [0.717, 1.165) is 48.0 Å². The normalized spacial score (nSPS) is 28.5. The van der Waals surface area contributed by atoms with Gasteiger partial charge in [0.15, 0.2) is 0 Å². The number of hydrogen-bond donors (Lipinski definition) is 2. The predicted octanol–water partition coefficient (Wildman–Crippen LogP) is 1.97. The van der Waals surface area contributed by atoms with Gasteiger partial charge in [-0.25, -0.2) is 4.98 Å². The van der Waals surface area contributed by atoms with E-state index in [1.54, 1.807) is 0 Å². The molecule has 0 aromatic carbocycles. The summed E-state index contributed by atoms with van der Waals surface area (Å²) >= 11 is 1.45. The van der Waals surface area contributed by atoms with E-state index in [-0.39, 0.29) is 18.0 Å². The lowest BCUT2D eigenvalue weighted by Crippen LogP contribution is -2.38. The standard InChI is InChI=1S/C15H20N4OS.ClH/c16-11-3-1-2-9-6-19(7-10(9)11)8-13-17-12-4-5-21-14(12)15(20)18-13;/h4-5,9-11H,1-3,6-8,16H2,(H,17,18,20);1H. The van der Waals surface area contributed by atoms with Crippen LogP contribution in [0.3, 0.4) is 0 Å². The average Bonchev–Trinajstić information content (AvgIpc) is 3.06. The van der Waals surface area contributed by atoms with Gasteiger partial charge in [0.25, 0.3) is 5.56 Å². The fourth-order valence-electron chi connectivity index (χ4n) is 3.95. The van der Waals surface area contributed by atoms with Crippen LogP contribution in [0.2, 0.25) is 0 Å². The molecule has 120 valence electrons. The van der Waals surface area contributed by atoms with Crippen molar-refractivity contribution >= 4 is 34.0 Å². The summed E-state index contributed by atoms with van der Waals surface area (Å²) in [5, 5.41) is 1.92. The van der Waals surface area contributed by atoms with Crippen molar-refractivity contribution in [3.8, 4) is 0 Å². The Balaban J connectivity index is 0.00000144. The molecule has 3 atom stereocenters. The first kappa shape index (κ1) is 15.9. The number of rotatable bonds is 2. The van der Waals surface area contributed by atoms with Crippen molar-refractivity contribution in [1.29, 1.82) is 0 Å². The second-order valence-electron chi connectivity index (χ2n) is 6.36. The van der Waals surface area contributed by atoms with E-state index >= 15 is 0 Å². The minimum atomic E-state index is -0.0154. The summed E-state index contributed by atoms with van der Waals surface area (Å²) in [4.78, 5) is 21.9. The van der Waals surface area contributed by atoms with Gasteiger partial charge in [0.1, 0.15) is 10.5 Å². The zero-order valence-corrected chi connectivity index (χ0v) is 14.0. The van der Waals surface area contributed by atoms with E-state index < -0.39 is 0 Å². The Bertz CT molecular complexity index is 715. The Kier molecular flexibility index (Phi) is 4.54. The van der Waals surface area contributed by atoms with Gasteiger partial charge >= 0.3 is 0 Å². The van der Waals surface area contributed by atoms with Crippen molar-refractivity contribution < 1.29 is 0 Å². The molecular weight excluding hydrogens is 320 g/mol. The second-order valence-corrected chi connectivity index (χ2v) is 7.28. The molecular formula is C15H21ClN4OS. The summed E-state index contributed by atoms with van der Waals surface area (Å²) in [5.41, 5.74) is 7.06. The molecule has 2 aliphatic rings. The van der Waals surface area contributed by atoms with Crippen molar-refractivity contribution in [2.75, 3.05) is 13.1 Å². The Hall–Kier alpha value is -0.950. The molecule has 5 nitrogen and oxygen atoms in total. The van der Waals surface area contributed by atoms with Crippen LogP contribution in [-0.4, -0.2) is 34.0 Å². The molecule has 0 bridgehead atoms. The van der Waals surface area contributed by atoms with Crippen LogP contribution in [0, 0.1) is 11.8 Å². The van der Waals surface area contributed by atoms with E-state index in [1.807, 2.05) is 11.4 Å². The van der Waals surface area contributed by atoms with Gasteiger partial charge in [-0.1, -0.05) is 6.42 Å². The number of thiophene rings is 1. The van der Waals surface area contributed by atoms with Crippen LogP contribution < -0.4 is 11.3 Å². The van der Waals surface area contributed by atoms with Gasteiger partial charge in [-0.2, -0.15) is 0 Å². The summed E-state index contributed by atoms with van der Waals surface area (Å²) in [6.45, 7) is 2.85. The SMILES string of the molecule is Cl.NC1CCCC2CN(Cc3nc4ccsc4c(=O)[nH]3)CC12. The number of fused-ring (bicyclic) bond motifs is 2. The van der Waals surface area contributed by atoms with Gasteiger partial charge in [-0.05, 0) is 36.1 Å². The molecule has 1 saturated heterocycles. The smallest absolute Gasteiger partial charge is 0.268 e. The van der Waals surface area contributed by atoms with Crippen LogP contribution in [0.25, 0.3) is 10.2 Å². The number of likely N-dealkylation sites (tertiary alicyclic amines) is 1. The lowest BCUT2D eigenvalue weighted by molar-refractivity contribution is 0.259. The molecule has 1 aliphatic heterocycles. The average molecular weight is 341 g/mol. The molecule has 7 heteroatoms. The highest BCUT2D eigenvalue weighted by Gasteiger charge is 2.38. The molecule has 3 heterocycles. The van der Waals surface area contributed by atoms with Crippen molar-refractivity contribution in [2.24, 2.45) is 17.6 Å². The van der Waals surface area contributed by atoms with Gasteiger partial charge < -0.3 is 10.7 Å². The molecule has 22 heavy (non-hydrogen) atoms. The Morgan fingerprint density at radius 3 is 3.09 bits per heavy atom. The third kappa shape index (κ3) is 2.80. The van der Waals surface area contributed by atoms with Crippen molar-refractivity contribution in [2.45, 2.75) is 31.8 Å². The Labute approximate surface area is 139 Å². The number of aromatic nitrogens is 2. The minimum Gasteiger partial charge on any atom is -0.327 e. The van der Waals surface area contributed by atoms with Gasteiger partial charge in [0.2, 0.25) is 0 Å². The number of nitrogens with zero attached hydrogens (tertiary/aromatic N) is 2. The molecule has 4 rings (SSSR count). The van der Waals surface area contributed by atoms with Gasteiger partial charge in [-0.15, -0.1) is 23.7 Å². The highest BCUT2D eigenvalue weighted by atomic mass is 35.5. The van der Waals surface area contributed by atoms with Crippen LogP contribution in [-0.2, 0) is 6.54 Å². The number of H-pyrrole nitrogens is 1. The number of halogens is 1. The summed E-state index contributed by atoms with van der Waals surface area (Å²) in [5.74, 6) is 2.12. The summed E-state index contributed by atoms with van der Waals surface area (Å²) in [6.07, 6.45) is 3.71. The van der Waals surface area contributed by atoms with Crippen LogP contribution in [0.1, 0.15) is 25.1 Å². The minimum absolute atomic E-state index is 0. The third-order valence-corrected chi connectivity index (χ3v) is 5.87. The fraction of sp³-hybridized carbons (Fsp3) is 0.600. The molecule has 0 spiro atoms. The molecule has 0 amide bonds. The molecule has 2 aromatic heterocycles. The zero-order chi connectivity index (χ0) is 14.4. The molecule has 1 aliphatic carbocycles. The quantitative estimate of drug-likeness (QED) is 0.876. The summed E-state index contributed by atoms with van der Waals surface area (Å²) in [7, 11) is 0. The van der Waals surface area contributed by atoms with Crippen molar-refractivity contribution in [3.63, 3.8) is 0 Å². The van der Waals surface area contributed by atoms with Crippen LogP contribution in [0.5, 0.6) is 0 Å². The summed E-state index contributed by atoms with van der Waals surface area (Å²) in [6, 6.07) is 2.26. The Morgan fingerprint density at radius 1 is 1.41 bits per heavy atom. The Morgan fingerprint density at radius 2 is 2.27 bits per heavy atom.